The first-order valence-corrected chi connectivity index (χ1v) is 6.82. The number of anilines is 1. The molecule has 1 N–H and O–H groups in total. The van der Waals surface area contributed by atoms with E-state index in [-0.39, 0.29) is 0 Å². The first kappa shape index (κ1) is 12.4. The van der Waals surface area contributed by atoms with Gasteiger partial charge in [0.15, 0.2) is 0 Å². The molecular weight excluding hydrogens is 208 g/mol. The molecule has 1 aliphatic rings. The van der Waals surface area contributed by atoms with Crippen LogP contribution in [0, 0.1) is 0 Å². The van der Waals surface area contributed by atoms with E-state index in [4.69, 9.17) is 0 Å². The molecule has 1 heterocycles. The lowest BCUT2D eigenvalue weighted by molar-refractivity contribution is 0.109. The molecular formula is C15H24N2. The van der Waals surface area contributed by atoms with Gasteiger partial charge in [0.25, 0.3) is 0 Å². The number of hydrogen-bond donors (Lipinski definition) is 1. The summed E-state index contributed by atoms with van der Waals surface area (Å²) in [5.41, 5.74) is 1.23. The lowest BCUT2D eigenvalue weighted by Crippen LogP contribution is -2.45. The van der Waals surface area contributed by atoms with Crippen molar-refractivity contribution >= 4 is 5.69 Å². The fourth-order valence-corrected chi connectivity index (χ4v) is 2.80. The Hall–Kier alpha value is -1.02. The molecule has 1 aromatic carbocycles. The minimum atomic E-state index is 0.747. The Morgan fingerprint density at radius 2 is 1.76 bits per heavy atom. The normalized spacial score (nSPS) is 25.8. The molecule has 1 aromatic rings. The van der Waals surface area contributed by atoms with Crippen LogP contribution in [-0.4, -0.2) is 30.1 Å². The molecule has 17 heavy (non-hydrogen) atoms. The van der Waals surface area contributed by atoms with E-state index in [1.54, 1.807) is 0 Å². The van der Waals surface area contributed by atoms with Gasteiger partial charge < -0.3 is 5.32 Å². The van der Waals surface area contributed by atoms with Crippen LogP contribution in [0.1, 0.15) is 33.1 Å². The van der Waals surface area contributed by atoms with Crippen molar-refractivity contribution < 1.29 is 0 Å². The van der Waals surface area contributed by atoms with Crippen LogP contribution in [-0.2, 0) is 0 Å². The zero-order valence-corrected chi connectivity index (χ0v) is 11.0. The average molecular weight is 232 g/mol. The predicted molar refractivity (Wildman–Crippen MR) is 74.4 cm³/mol. The Bertz CT molecular complexity index is 313. The molecule has 0 spiro atoms. The van der Waals surface area contributed by atoms with Gasteiger partial charge in [0.1, 0.15) is 0 Å². The minimum absolute atomic E-state index is 0.747. The first-order chi connectivity index (χ1) is 8.27. The van der Waals surface area contributed by atoms with Gasteiger partial charge in [-0.25, -0.2) is 0 Å². The molecule has 0 unspecified atom stereocenters. The summed E-state index contributed by atoms with van der Waals surface area (Å²) >= 11 is 0. The van der Waals surface area contributed by atoms with Gasteiger partial charge in [-0.05, 0) is 38.8 Å². The van der Waals surface area contributed by atoms with Gasteiger partial charge in [-0.15, -0.1) is 0 Å². The molecule has 1 aliphatic heterocycles. The standard InChI is InChI=1S/C15H24N2/c1-13-7-6-8-14(2)17(13)12-11-16-15-9-4-3-5-10-15/h3-5,9-10,13-14,16H,6-8,11-12H2,1-2H3/t13-,14+. The molecule has 0 amide bonds. The van der Waals surface area contributed by atoms with E-state index in [2.05, 4.69) is 54.4 Å². The van der Waals surface area contributed by atoms with Crippen molar-refractivity contribution in [1.82, 2.24) is 4.90 Å². The van der Waals surface area contributed by atoms with Gasteiger partial charge in [0.05, 0.1) is 0 Å². The second-order valence-electron chi connectivity index (χ2n) is 5.16. The molecule has 0 radical (unpaired) electrons. The van der Waals surface area contributed by atoms with E-state index >= 15 is 0 Å². The maximum absolute atomic E-state index is 3.49. The number of nitrogens with zero attached hydrogens (tertiary/aromatic N) is 1. The molecule has 2 atom stereocenters. The van der Waals surface area contributed by atoms with Crippen molar-refractivity contribution in [2.75, 3.05) is 18.4 Å². The van der Waals surface area contributed by atoms with Crippen molar-refractivity contribution in [1.29, 1.82) is 0 Å². The zero-order chi connectivity index (χ0) is 12.1. The highest BCUT2D eigenvalue weighted by Crippen LogP contribution is 2.21. The fourth-order valence-electron chi connectivity index (χ4n) is 2.80. The lowest BCUT2D eigenvalue weighted by Gasteiger charge is -2.39. The molecule has 0 aliphatic carbocycles. The Morgan fingerprint density at radius 3 is 2.41 bits per heavy atom. The zero-order valence-electron chi connectivity index (χ0n) is 11.0. The van der Waals surface area contributed by atoms with E-state index < -0.39 is 0 Å². The summed E-state index contributed by atoms with van der Waals surface area (Å²) in [5, 5.41) is 3.49. The van der Waals surface area contributed by atoms with E-state index in [0.29, 0.717) is 0 Å². The number of piperidine rings is 1. The van der Waals surface area contributed by atoms with Crippen LogP contribution < -0.4 is 5.32 Å². The Labute approximate surface area is 105 Å². The molecule has 2 nitrogen and oxygen atoms in total. The molecule has 0 saturated carbocycles. The van der Waals surface area contributed by atoms with E-state index in [1.165, 1.54) is 24.9 Å². The maximum atomic E-state index is 3.49. The molecule has 1 fully saturated rings. The van der Waals surface area contributed by atoms with E-state index in [9.17, 15) is 0 Å². The SMILES string of the molecule is C[C@@H]1CCC[C@H](C)N1CCNc1ccccc1. The molecule has 2 rings (SSSR count). The highest BCUT2D eigenvalue weighted by Gasteiger charge is 2.23. The Morgan fingerprint density at radius 1 is 1.12 bits per heavy atom. The highest BCUT2D eigenvalue weighted by molar-refractivity contribution is 5.42. The molecule has 0 aromatic heterocycles. The van der Waals surface area contributed by atoms with Crippen molar-refractivity contribution in [3.8, 4) is 0 Å². The van der Waals surface area contributed by atoms with Gasteiger partial charge >= 0.3 is 0 Å². The quantitative estimate of drug-likeness (QED) is 0.856. The van der Waals surface area contributed by atoms with Gasteiger partial charge in [0.2, 0.25) is 0 Å². The van der Waals surface area contributed by atoms with Crippen molar-refractivity contribution in [3.63, 3.8) is 0 Å². The van der Waals surface area contributed by atoms with Crippen molar-refractivity contribution in [3.05, 3.63) is 30.3 Å². The highest BCUT2D eigenvalue weighted by atomic mass is 15.2. The number of nitrogens with one attached hydrogen (secondary N) is 1. The molecule has 0 bridgehead atoms. The Balaban J connectivity index is 1.77. The average Bonchev–Trinajstić information content (AvgIpc) is 2.34. The Kier molecular flexibility index (Phi) is 4.43. The number of hydrogen-bond acceptors (Lipinski definition) is 2. The van der Waals surface area contributed by atoms with Gasteiger partial charge in [-0.3, -0.25) is 4.90 Å². The summed E-state index contributed by atoms with van der Waals surface area (Å²) in [5.74, 6) is 0. The fraction of sp³-hybridized carbons (Fsp3) is 0.600. The topological polar surface area (TPSA) is 15.3 Å². The summed E-state index contributed by atoms with van der Waals surface area (Å²) in [7, 11) is 0. The van der Waals surface area contributed by atoms with Crippen LogP contribution in [0.5, 0.6) is 0 Å². The second kappa shape index (κ2) is 6.06. The largest absolute Gasteiger partial charge is 0.384 e. The predicted octanol–water partition coefficient (Wildman–Crippen LogP) is 3.36. The summed E-state index contributed by atoms with van der Waals surface area (Å²) in [4.78, 5) is 2.64. The van der Waals surface area contributed by atoms with Crippen molar-refractivity contribution in [2.24, 2.45) is 0 Å². The van der Waals surface area contributed by atoms with Crippen LogP contribution in [0.15, 0.2) is 30.3 Å². The van der Waals surface area contributed by atoms with E-state index in [1.807, 2.05) is 0 Å². The monoisotopic (exact) mass is 232 g/mol. The van der Waals surface area contributed by atoms with E-state index in [0.717, 1.165) is 25.2 Å². The number of rotatable bonds is 4. The summed E-state index contributed by atoms with van der Waals surface area (Å²) in [6.45, 7) is 6.91. The smallest absolute Gasteiger partial charge is 0.0340 e. The van der Waals surface area contributed by atoms with Crippen LogP contribution in [0.3, 0.4) is 0 Å². The molecule has 1 saturated heterocycles. The molecule has 2 heteroatoms. The van der Waals surface area contributed by atoms with Crippen LogP contribution >= 0.6 is 0 Å². The number of para-hydroxylation sites is 1. The number of likely N-dealkylation sites (tertiary alicyclic amines) is 1. The summed E-state index contributed by atoms with van der Waals surface area (Å²) in [6, 6.07) is 12.0. The third kappa shape index (κ3) is 3.47. The van der Waals surface area contributed by atoms with Crippen LogP contribution in [0.2, 0.25) is 0 Å². The lowest BCUT2D eigenvalue weighted by atomic mass is 9.98. The third-order valence-electron chi connectivity index (χ3n) is 3.85. The minimum Gasteiger partial charge on any atom is -0.384 e. The van der Waals surface area contributed by atoms with Crippen molar-refractivity contribution in [2.45, 2.75) is 45.2 Å². The third-order valence-corrected chi connectivity index (χ3v) is 3.85. The van der Waals surface area contributed by atoms with Gasteiger partial charge in [-0.2, -0.15) is 0 Å². The summed E-state index contributed by atoms with van der Waals surface area (Å²) < 4.78 is 0. The second-order valence-corrected chi connectivity index (χ2v) is 5.16. The summed E-state index contributed by atoms with van der Waals surface area (Å²) in [6.07, 6.45) is 4.11. The maximum Gasteiger partial charge on any atom is 0.0340 e. The van der Waals surface area contributed by atoms with Gasteiger partial charge in [-0.1, -0.05) is 24.6 Å². The van der Waals surface area contributed by atoms with Gasteiger partial charge in [0, 0.05) is 30.9 Å². The number of benzene rings is 1. The van der Waals surface area contributed by atoms with Crippen LogP contribution in [0.25, 0.3) is 0 Å². The molecule has 94 valence electrons. The van der Waals surface area contributed by atoms with Crippen LogP contribution in [0.4, 0.5) is 5.69 Å². The first-order valence-electron chi connectivity index (χ1n) is 6.82.